The van der Waals surface area contributed by atoms with Crippen LogP contribution in [0.3, 0.4) is 0 Å². The van der Waals surface area contributed by atoms with Gasteiger partial charge in [0.25, 0.3) is 0 Å². The zero-order valence-electron chi connectivity index (χ0n) is 12.2. The Morgan fingerprint density at radius 1 is 1.50 bits per heavy atom. The topological polar surface area (TPSA) is 33.7 Å². The lowest BCUT2D eigenvalue weighted by molar-refractivity contribution is 0.193. The molecule has 1 aliphatic heterocycles. The summed E-state index contributed by atoms with van der Waals surface area (Å²) in [5.74, 6) is 0. The smallest absolute Gasteiger partial charge is 0.0670 e. The first-order valence-corrected chi connectivity index (χ1v) is 7.80. The van der Waals surface area contributed by atoms with Gasteiger partial charge in [-0.3, -0.25) is 0 Å². The van der Waals surface area contributed by atoms with Gasteiger partial charge in [0, 0.05) is 44.0 Å². The molecule has 0 aliphatic carbocycles. The first kappa shape index (κ1) is 15.8. The van der Waals surface area contributed by atoms with Crippen LogP contribution in [0.25, 0.3) is 0 Å². The van der Waals surface area contributed by atoms with E-state index in [9.17, 15) is 0 Å². The number of hydrogen-bond donors (Lipinski definition) is 1. The van der Waals surface area contributed by atoms with Gasteiger partial charge in [-0.25, -0.2) is 0 Å². The van der Waals surface area contributed by atoms with Crippen molar-refractivity contribution < 1.29 is 9.47 Å². The van der Waals surface area contributed by atoms with E-state index in [0.29, 0.717) is 6.04 Å². The first-order valence-electron chi connectivity index (χ1n) is 7.01. The van der Waals surface area contributed by atoms with E-state index in [1.165, 1.54) is 11.3 Å². The van der Waals surface area contributed by atoms with Gasteiger partial charge in [-0.15, -0.1) is 0 Å². The molecular formula is C15H23BrN2O2. The molecule has 0 aromatic heterocycles. The van der Waals surface area contributed by atoms with Crippen LogP contribution in [0.5, 0.6) is 0 Å². The quantitative estimate of drug-likeness (QED) is 0.771. The summed E-state index contributed by atoms with van der Waals surface area (Å²) in [6, 6.07) is 7.03. The Labute approximate surface area is 129 Å². The third-order valence-electron chi connectivity index (χ3n) is 3.70. The van der Waals surface area contributed by atoms with Crippen molar-refractivity contribution in [3.05, 3.63) is 28.2 Å². The summed E-state index contributed by atoms with van der Waals surface area (Å²) in [6.45, 7) is 4.15. The highest BCUT2D eigenvalue weighted by Crippen LogP contribution is 2.26. The van der Waals surface area contributed by atoms with Gasteiger partial charge in [0.2, 0.25) is 0 Å². The molecule has 1 atom stereocenters. The van der Waals surface area contributed by atoms with E-state index in [2.05, 4.69) is 51.4 Å². The molecule has 1 fully saturated rings. The molecule has 1 heterocycles. The van der Waals surface area contributed by atoms with E-state index in [-0.39, 0.29) is 0 Å². The van der Waals surface area contributed by atoms with Crippen LogP contribution in [-0.2, 0) is 16.0 Å². The predicted octanol–water partition coefficient (Wildman–Crippen LogP) is 2.41. The molecule has 0 spiro atoms. The third kappa shape index (κ3) is 4.19. The second-order valence-electron chi connectivity index (χ2n) is 5.07. The van der Waals surface area contributed by atoms with Crippen molar-refractivity contribution >= 4 is 21.6 Å². The molecule has 20 heavy (non-hydrogen) atoms. The van der Waals surface area contributed by atoms with E-state index < -0.39 is 0 Å². The van der Waals surface area contributed by atoms with Crippen LogP contribution in [0.4, 0.5) is 5.69 Å². The number of halogens is 1. The SMILES string of the molecule is COCCNCc1ccc(N(C)C2CCOC2)cc1Br. The lowest BCUT2D eigenvalue weighted by Crippen LogP contribution is -2.31. The number of nitrogens with one attached hydrogen (secondary N) is 1. The lowest BCUT2D eigenvalue weighted by atomic mass is 10.1. The van der Waals surface area contributed by atoms with Crippen molar-refractivity contribution in [3.8, 4) is 0 Å². The number of hydrogen-bond acceptors (Lipinski definition) is 4. The van der Waals surface area contributed by atoms with Gasteiger partial charge in [-0.2, -0.15) is 0 Å². The average molecular weight is 343 g/mol. The number of rotatable bonds is 7. The highest BCUT2D eigenvalue weighted by molar-refractivity contribution is 9.10. The minimum atomic E-state index is 0.493. The van der Waals surface area contributed by atoms with Crippen LogP contribution in [-0.4, -0.2) is 46.6 Å². The van der Waals surface area contributed by atoms with Crippen molar-refractivity contribution in [3.63, 3.8) is 0 Å². The summed E-state index contributed by atoms with van der Waals surface area (Å²) in [5.41, 5.74) is 2.49. The predicted molar refractivity (Wildman–Crippen MR) is 85.4 cm³/mol. The molecule has 1 aliphatic rings. The van der Waals surface area contributed by atoms with E-state index in [1.54, 1.807) is 7.11 Å². The standard InChI is InChI=1S/C15H23BrN2O2/c1-18(14-5-7-20-11-14)13-4-3-12(15(16)9-13)10-17-6-8-19-2/h3-4,9,14,17H,5-8,10-11H2,1-2H3. The third-order valence-corrected chi connectivity index (χ3v) is 4.43. The number of nitrogens with zero attached hydrogens (tertiary/aromatic N) is 1. The number of benzene rings is 1. The van der Waals surface area contributed by atoms with E-state index in [0.717, 1.165) is 43.8 Å². The molecule has 2 rings (SSSR count). The van der Waals surface area contributed by atoms with Crippen molar-refractivity contribution in [2.24, 2.45) is 0 Å². The van der Waals surface area contributed by atoms with Gasteiger partial charge >= 0.3 is 0 Å². The fourth-order valence-corrected chi connectivity index (χ4v) is 2.84. The maximum atomic E-state index is 5.45. The van der Waals surface area contributed by atoms with Crippen molar-refractivity contribution in [2.45, 2.75) is 19.0 Å². The number of methoxy groups -OCH3 is 1. The molecule has 5 heteroatoms. The molecule has 0 saturated carbocycles. The Hall–Kier alpha value is -0.620. The Balaban J connectivity index is 1.94. The fourth-order valence-electron chi connectivity index (χ4n) is 2.33. The van der Waals surface area contributed by atoms with Gasteiger partial charge in [0.05, 0.1) is 19.3 Å². The van der Waals surface area contributed by atoms with Gasteiger partial charge in [-0.05, 0) is 24.1 Å². The molecule has 1 aromatic carbocycles. The molecule has 0 bridgehead atoms. The van der Waals surface area contributed by atoms with E-state index in [4.69, 9.17) is 9.47 Å². The lowest BCUT2D eigenvalue weighted by Gasteiger charge is -2.26. The monoisotopic (exact) mass is 342 g/mol. The Bertz CT molecular complexity index is 422. The van der Waals surface area contributed by atoms with Gasteiger partial charge in [0.15, 0.2) is 0 Å². The summed E-state index contributed by atoms with van der Waals surface area (Å²) < 4.78 is 11.6. The molecule has 0 radical (unpaired) electrons. The molecular weight excluding hydrogens is 320 g/mol. The zero-order valence-corrected chi connectivity index (χ0v) is 13.8. The molecule has 0 amide bonds. The highest BCUT2D eigenvalue weighted by Gasteiger charge is 2.20. The maximum absolute atomic E-state index is 5.45. The summed E-state index contributed by atoms with van der Waals surface area (Å²) in [5, 5.41) is 3.36. The summed E-state index contributed by atoms with van der Waals surface area (Å²) >= 11 is 3.66. The second kappa shape index (κ2) is 7.98. The van der Waals surface area contributed by atoms with E-state index >= 15 is 0 Å². The molecule has 112 valence electrons. The van der Waals surface area contributed by atoms with E-state index in [1.807, 2.05) is 0 Å². The van der Waals surface area contributed by atoms with Crippen LogP contribution in [0.15, 0.2) is 22.7 Å². The zero-order chi connectivity index (χ0) is 14.4. The molecule has 1 unspecified atom stereocenters. The first-order chi connectivity index (χ1) is 9.72. The van der Waals surface area contributed by atoms with Crippen molar-refractivity contribution in [2.75, 3.05) is 45.4 Å². The van der Waals surface area contributed by atoms with Crippen molar-refractivity contribution in [1.29, 1.82) is 0 Å². The van der Waals surface area contributed by atoms with Crippen LogP contribution < -0.4 is 10.2 Å². The Kier molecular flexibility index (Phi) is 6.29. The van der Waals surface area contributed by atoms with Gasteiger partial charge < -0.3 is 19.7 Å². The minimum absolute atomic E-state index is 0.493. The number of ether oxygens (including phenoxy) is 2. The van der Waals surface area contributed by atoms with Gasteiger partial charge in [-0.1, -0.05) is 22.0 Å². The number of likely N-dealkylation sites (N-methyl/N-ethyl adjacent to an activating group) is 1. The summed E-state index contributed by atoms with van der Waals surface area (Å²) in [6.07, 6.45) is 1.11. The molecule has 1 aromatic rings. The van der Waals surface area contributed by atoms with Crippen LogP contribution in [0.2, 0.25) is 0 Å². The second-order valence-corrected chi connectivity index (χ2v) is 5.93. The van der Waals surface area contributed by atoms with Crippen LogP contribution in [0.1, 0.15) is 12.0 Å². The Morgan fingerprint density at radius 2 is 2.35 bits per heavy atom. The van der Waals surface area contributed by atoms with Crippen molar-refractivity contribution in [1.82, 2.24) is 5.32 Å². The minimum Gasteiger partial charge on any atom is -0.383 e. The molecule has 1 saturated heterocycles. The number of anilines is 1. The summed E-state index contributed by atoms with van der Waals surface area (Å²) in [4.78, 5) is 2.31. The van der Waals surface area contributed by atoms with Crippen LogP contribution >= 0.6 is 15.9 Å². The average Bonchev–Trinajstić information content (AvgIpc) is 2.98. The highest BCUT2D eigenvalue weighted by atomic mass is 79.9. The Morgan fingerprint density at radius 3 is 3.00 bits per heavy atom. The maximum Gasteiger partial charge on any atom is 0.0670 e. The molecule has 1 N–H and O–H groups in total. The van der Waals surface area contributed by atoms with Gasteiger partial charge in [0.1, 0.15) is 0 Å². The fraction of sp³-hybridized carbons (Fsp3) is 0.600. The van der Waals surface area contributed by atoms with Crippen LogP contribution in [0, 0.1) is 0 Å². The molecule has 4 nitrogen and oxygen atoms in total. The largest absolute Gasteiger partial charge is 0.383 e. The normalized spacial score (nSPS) is 18.4. The summed E-state index contributed by atoms with van der Waals surface area (Å²) in [7, 11) is 3.85.